The van der Waals surface area contributed by atoms with Crippen molar-refractivity contribution in [3.05, 3.63) is 35.4 Å². The molecule has 3 nitrogen and oxygen atoms in total. The third-order valence-corrected chi connectivity index (χ3v) is 3.39. The lowest BCUT2D eigenvalue weighted by Crippen LogP contribution is -2.66. The Balaban J connectivity index is 2.09. The summed E-state index contributed by atoms with van der Waals surface area (Å²) in [6, 6.07) is 7.90. The number of carbonyl (C=O) groups is 1. The number of nitrogens with zero attached hydrogens (tertiary/aromatic N) is 1. The fourth-order valence-corrected chi connectivity index (χ4v) is 2.26. The van der Waals surface area contributed by atoms with Gasteiger partial charge in [0.1, 0.15) is 0 Å². The van der Waals surface area contributed by atoms with E-state index in [1.165, 1.54) is 5.56 Å². The van der Waals surface area contributed by atoms with E-state index in [9.17, 15) is 4.79 Å². The van der Waals surface area contributed by atoms with Crippen LogP contribution in [0.5, 0.6) is 0 Å². The Hall–Kier alpha value is -1.35. The lowest BCUT2D eigenvalue weighted by atomic mass is 9.86. The zero-order valence-corrected chi connectivity index (χ0v) is 11.7. The van der Waals surface area contributed by atoms with Crippen LogP contribution in [0.4, 0.5) is 0 Å². The van der Waals surface area contributed by atoms with E-state index < -0.39 is 0 Å². The minimum Gasteiger partial charge on any atom is -0.335 e. The molecule has 1 amide bonds. The Labute approximate surface area is 109 Å². The summed E-state index contributed by atoms with van der Waals surface area (Å²) in [5, 5.41) is 0. The van der Waals surface area contributed by atoms with Crippen LogP contribution in [0, 0.1) is 0 Å². The highest BCUT2D eigenvalue weighted by Crippen LogP contribution is 2.24. The SMILES string of the molecule is CC1(N)CN(C(=O)c2ccc(C(C)(C)C)cc2)C1. The highest BCUT2D eigenvalue weighted by molar-refractivity contribution is 5.95. The first-order valence-electron chi connectivity index (χ1n) is 6.38. The largest absolute Gasteiger partial charge is 0.335 e. The summed E-state index contributed by atoms with van der Waals surface area (Å²) in [6.45, 7) is 9.76. The Kier molecular flexibility index (Phi) is 2.98. The molecule has 98 valence electrons. The number of rotatable bonds is 1. The molecular formula is C15H22N2O. The van der Waals surface area contributed by atoms with Crippen molar-refractivity contribution in [1.82, 2.24) is 4.90 Å². The number of carbonyl (C=O) groups excluding carboxylic acids is 1. The van der Waals surface area contributed by atoms with Gasteiger partial charge in [0.25, 0.3) is 5.91 Å². The van der Waals surface area contributed by atoms with Gasteiger partial charge in [-0.3, -0.25) is 4.79 Å². The predicted molar refractivity (Wildman–Crippen MR) is 73.6 cm³/mol. The first-order valence-corrected chi connectivity index (χ1v) is 6.38. The van der Waals surface area contributed by atoms with Crippen LogP contribution >= 0.6 is 0 Å². The van der Waals surface area contributed by atoms with Crippen molar-refractivity contribution in [3.63, 3.8) is 0 Å². The summed E-state index contributed by atoms with van der Waals surface area (Å²) in [4.78, 5) is 13.9. The summed E-state index contributed by atoms with van der Waals surface area (Å²) in [5.41, 5.74) is 7.82. The molecule has 1 aromatic carbocycles. The molecule has 3 heteroatoms. The van der Waals surface area contributed by atoms with E-state index in [1.807, 2.05) is 31.2 Å². The maximum atomic E-state index is 12.1. The molecule has 0 radical (unpaired) electrons. The van der Waals surface area contributed by atoms with Gasteiger partial charge in [-0.1, -0.05) is 32.9 Å². The van der Waals surface area contributed by atoms with Gasteiger partial charge in [0.05, 0.1) is 0 Å². The maximum absolute atomic E-state index is 12.1. The van der Waals surface area contributed by atoms with E-state index in [0.29, 0.717) is 13.1 Å². The van der Waals surface area contributed by atoms with Crippen molar-refractivity contribution in [1.29, 1.82) is 0 Å². The molecule has 1 aliphatic heterocycles. The number of hydrogen-bond donors (Lipinski definition) is 1. The average Bonchev–Trinajstić information content (AvgIpc) is 2.24. The van der Waals surface area contributed by atoms with Gasteiger partial charge < -0.3 is 10.6 Å². The van der Waals surface area contributed by atoms with Crippen molar-refractivity contribution in [2.24, 2.45) is 5.73 Å². The van der Waals surface area contributed by atoms with Crippen LogP contribution in [-0.4, -0.2) is 29.4 Å². The van der Waals surface area contributed by atoms with Crippen LogP contribution in [0.1, 0.15) is 43.6 Å². The zero-order valence-electron chi connectivity index (χ0n) is 11.7. The molecule has 0 unspecified atom stereocenters. The molecule has 0 saturated carbocycles. The Bertz CT molecular complexity index is 446. The molecule has 18 heavy (non-hydrogen) atoms. The van der Waals surface area contributed by atoms with Gasteiger partial charge in [-0.05, 0) is 30.0 Å². The molecule has 1 aliphatic rings. The lowest BCUT2D eigenvalue weighted by molar-refractivity contribution is 0.0453. The van der Waals surface area contributed by atoms with Crippen molar-refractivity contribution in [2.45, 2.75) is 38.6 Å². The van der Waals surface area contributed by atoms with E-state index >= 15 is 0 Å². The van der Waals surface area contributed by atoms with Crippen LogP contribution < -0.4 is 5.73 Å². The van der Waals surface area contributed by atoms with E-state index in [4.69, 9.17) is 5.73 Å². The summed E-state index contributed by atoms with van der Waals surface area (Å²) in [7, 11) is 0. The molecule has 1 heterocycles. The molecule has 1 fully saturated rings. The van der Waals surface area contributed by atoms with Gasteiger partial charge in [-0.25, -0.2) is 0 Å². The molecular weight excluding hydrogens is 224 g/mol. The first-order chi connectivity index (χ1) is 8.19. The quantitative estimate of drug-likeness (QED) is 0.825. The number of benzene rings is 1. The monoisotopic (exact) mass is 246 g/mol. The topological polar surface area (TPSA) is 46.3 Å². The fraction of sp³-hybridized carbons (Fsp3) is 0.533. The molecule has 1 aromatic rings. The highest BCUT2D eigenvalue weighted by Gasteiger charge is 2.38. The maximum Gasteiger partial charge on any atom is 0.253 e. The molecule has 0 aromatic heterocycles. The minimum absolute atomic E-state index is 0.0818. The second kappa shape index (κ2) is 4.09. The molecule has 2 rings (SSSR count). The van der Waals surface area contributed by atoms with Gasteiger partial charge in [0.15, 0.2) is 0 Å². The fourth-order valence-electron chi connectivity index (χ4n) is 2.26. The summed E-state index contributed by atoms with van der Waals surface area (Å²) in [5.74, 6) is 0.0818. The number of amides is 1. The van der Waals surface area contributed by atoms with Crippen molar-refractivity contribution < 1.29 is 4.79 Å². The minimum atomic E-state index is -0.207. The zero-order chi connectivity index (χ0) is 13.6. The van der Waals surface area contributed by atoms with Crippen LogP contribution in [0.25, 0.3) is 0 Å². The molecule has 0 spiro atoms. The second-order valence-corrected chi connectivity index (χ2v) is 6.64. The lowest BCUT2D eigenvalue weighted by Gasteiger charge is -2.45. The Morgan fingerprint density at radius 3 is 2.11 bits per heavy atom. The van der Waals surface area contributed by atoms with Gasteiger partial charge in [-0.15, -0.1) is 0 Å². The van der Waals surface area contributed by atoms with Gasteiger partial charge >= 0.3 is 0 Å². The number of nitrogens with two attached hydrogens (primary N) is 1. The van der Waals surface area contributed by atoms with Crippen LogP contribution in [-0.2, 0) is 5.41 Å². The van der Waals surface area contributed by atoms with Crippen molar-refractivity contribution in [2.75, 3.05) is 13.1 Å². The van der Waals surface area contributed by atoms with Crippen LogP contribution in [0.2, 0.25) is 0 Å². The van der Waals surface area contributed by atoms with E-state index in [-0.39, 0.29) is 16.9 Å². The molecule has 0 atom stereocenters. The second-order valence-electron chi connectivity index (χ2n) is 6.64. The van der Waals surface area contributed by atoms with Crippen LogP contribution in [0.15, 0.2) is 24.3 Å². The smallest absolute Gasteiger partial charge is 0.253 e. The highest BCUT2D eigenvalue weighted by atomic mass is 16.2. The molecule has 0 bridgehead atoms. The number of likely N-dealkylation sites (tertiary alicyclic amines) is 1. The molecule has 0 aliphatic carbocycles. The van der Waals surface area contributed by atoms with Gasteiger partial charge in [0, 0.05) is 24.2 Å². The van der Waals surface area contributed by atoms with Crippen LogP contribution in [0.3, 0.4) is 0 Å². The van der Waals surface area contributed by atoms with E-state index in [2.05, 4.69) is 20.8 Å². The normalized spacial score (nSPS) is 18.4. The summed E-state index contributed by atoms with van der Waals surface area (Å²) >= 11 is 0. The standard InChI is InChI=1S/C15H22N2O/c1-14(2,3)12-7-5-11(6-8-12)13(18)17-9-15(4,16)10-17/h5-8H,9-10,16H2,1-4H3. The van der Waals surface area contributed by atoms with Gasteiger partial charge in [0.2, 0.25) is 0 Å². The Morgan fingerprint density at radius 2 is 1.72 bits per heavy atom. The summed E-state index contributed by atoms with van der Waals surface area (Å²) < 4.78 is 0. The van der Waals surface area contributed by atoms with E-state index in [1.54, 1.807) is 4.90 Å². The third-order valence-electron chi connectivity index (χ3n) is 3.39. The van der Waals surface area contributed by atoms with E-state index in [0.717, 1.165) is 5.56 Å². The predicted octanol–water partition coefficient (Wildman–Crippen LogP) is 2.16. The average molecular weight is 246 g/mol. The summed E-state index contributed by atoms with van der Waals surface area (Å²) in [6.07, 6.45) is 0. The third kappa shape index (κ3) is 2.56. The molecule has 2 N–H and O–H groups in total. The Morgan fingerprint density at radius 1 is 1.22 bits per heavy atom. The number of hydrogen-bond acceptors (Lipinski definition) is 2. The molecule has 1 saturated heterocycles. The van der Waals surface area contributed by atoms with Crippen molar-refractivity contribution in [3.8, 4) is 0 Å². The van der Waals surface area contributed by atoms with Gasteiger partial charge in [-0.2, -0.15) is 0 Å². The first kappa shape index (κ1) is 13.1. The van der Waals surface area contributed by atoms with Crippen molar-refractivity contribution >= 4 is 5.91 Å².